The molecular formula is C15H27NO2. The van der Waals surface area contributed by atoms with Gasteiger partial charge in [-0.3, -0.25) is 9.69 Å². The molecule has 2 atom stereocenters. The SMILES string of the molecule is CCOC(=O)C(C)CN1CCCC1C1CCCC1. The van der Waals surface area contributed by atoms with E-state index in [1.165, 1.54) is 45.1 Å². The van der Waals surface area contributed by atoms with E-state index >= 15 is 0 Å². The molecule has 0 aromatic rings. The fraction of sp³-hybridized carbons (Fsp3) is 0.933. The fourth-order valence-corrected chi connectivity index (χ4v) is 3.67. The van der Waals surface area contributed by atoms with Gasteiger partial charge in [-0.2, -0.15) is 0 Å². The number of nitrogens with zero attached hydrogens (tertiary/aromatic N) is 1. The Morgan fingerprint density at radius 3 is 2.67 bits per heavy atom. The Labute approximate surface area is 111 Å². The number of hydrogen-bond acceptors (Lipinski definition) is 3. The van der Waals surface area contributed by atoms with Gasteiger partial charge < -0.3 is 4.74 Å². The average Bonchev–Trinajstić information content (AvgIpc) is 2.98. The first-order valence-electron chi connectivity index (χ1n) is 7.63. The van der Waals surface area contributed by atoms with Gasteiger partial charge in [-0.05, 0) is 45.1 Å². The number of rotatable bonds is 5. The highest BCUT2D eigenvalue weighted by Crippen LogP contribution is 2.35. The zero-order valence-corrected chi connectivity index (χ0v) is 11.9. The van der Waals surface area contributed by atoms with Gasteiger partial charge in [0.05, 0.1) is 12.5 Å². The second-order valence-electron chi connectivity index (χ2n) is 5.90. The maximum Gasteiger partial charge on any atom is 0.309 e. The molecule has 0 spiro atoms. The molecule has 104 valence electrons. The number of ether oxygens (including phenoxy) is 1. The highest BCUT2D eigenvalue weighted by atomic mass is 16.5. The van der Waals surface area contributed by atoms with Gasteiger partial charge in [-0.15, -0.1) is 0 Å². The summed E-state index contributed by atoms with van der Waals surface area (Å²) in [6, 6.07) is 0.740. The van der Waals surface area contributed by atoms with E-state index in [0.29, 0.717) is 6.61 Å². The van der Waals surface area contributed by atoms with Crippen LogP contribution < -0.4 is 0 Å². The summed E-state index contributed by atoms with van der Waals surface area (Å²) in [5.41, 5.74) is 0. The van der Waals surface area contributed by atoms with Crippen molar-refractivity contribution in [2.45, 2.75) is 58.4 Å². The molecule has 2 fully saturated rings. The summed E-state index contributed by atoms with van der Waals surface area (Å²) < 4.78 is 5.11. The van der Waals surface area contributed by atoms with E-state index in [4.69, 9.17) is 4.74 Å². The first-order chi connectivity index (χ1) is 8.72. The van der Waals surface area contributed by atoms with Gasteiger partial charge in [0.1, 0.15) is 0 Å². The monoisotopic (exact) mass is 253 g/mol. The number of hydrogen-bond donors (Lipinski definition) is 0. The molecule has 2 unspecified atom stereocenters. The van der Waals surface area contributed by atoms with Crippen molar-refractivity contribution in [1.29, 1.82) is 0 Å². The van der Waals surface area contributed by atoms with Gasteiger partial charge in [-0.25, -0.2) is 0 Å². The molecule has 0 aromatic heterocycles. The second-order valence-corrected chi connectivity index (χ2v) is 5.90. The molecule has 2 aliphatic rings. The summed E-state index contributed by atoms with van der Waals surface area (Å²) in [4.78, 5) is 14.3. The van der Waals surface area contributed by atoms with Gasteiger partial charge in [0, 0.05) is 12.6 Å². The normalized spacial score (nSPS) is 27.6. The fourth-order valence-electron chi connectivity index (χ4n) is 3.67. The van der Waals surface area contributed by atoms with E-state index in [1.54, 1.807) is 0 Å². The lowest BCUT2D eigenvalue weighted by atomic mass is 9.95. The van der Waals surface area contributed by atoms with Gasteiger partial charge >= 0.3 is 5.97 Å². The summed E-state index contributed by atoms with van der Waals surface area (Å²) in [7, 11) is 0. The van der Waals surface area contributed by atoms with Crippen LogP contribution in [0.1, 0.15) is 52.4 Å². The third-order valence-corrected chi connectivity index (χ3v) is 4.56. The van der Waals surface area contributed by atoms with E-state index in [-0.39, 0.29) is 11.9 Å². The summed E-state index contributed by atoms with van der Waals surface area (Å²) in [6.45, 7) is 6.43. The van der Waals surface area contributed by atoms with Crippen molar-refractivity contribution in [3.05, 3.63) is 0 Å². The van der Waals surface area contributed by atoms with Gasteiger partial charge in [-0.1, -0.05) is 19.8 Å². The minimum absolute atomic E-state index is 0.0203. The third-order valence-electron chi connectivity index (χ3n) is 4.56. The van der Waals surface area contributed by atoms with E-state index in [0.717, 1.165) is 18.5 Å². The smallest absolute Gasteiger partial charge is 0.309 e. The quantitative estimate of drug-likeness (QED) is 0.706. The molecule has 3 nitrogen and oxygen atoms in total. The lowest BCUT2D eigenvalue weighted by molar-refractivity contribution is -0.148. The maximum atomic E-state index is 11.7. The lowest BCUT2D eigenvalue weighted by Crippen LogP contribution is -2.39. The lowest BCUT2D eigenvalue weighted by Gasteiger charge is -2.30. The Kier molecular flexibility index (Phi) is 5.04. The molecule has 0 bridgehead atoms. The molecule has 0 aromatic carbocycles. The molecule has 3 heteroatoms. The average molecular weight is 253 g/mol. The van der Waals surface area contributed by atoms with Crippen molar-refractivity contribution in [3.63, 3.8) is 0 Å². The van der Waals surface area contributed by atoms with Gasteiger partial charge in [0.2, 0.25) is 0 Å². The highest BCUT2D eigenvalue weighted by molar-refractivity contribution is 5.72. The van der Waals surface area contributed by atoms with Crippen molar-refractivity contribution < 1.29 is 9.53 Å². The molecule has 2 rings (SSSR count). The molecule has 1 aliphatic carbocycles. The number of esters is 1. The van der Waals surface area contributed by atoms with E-state index < -0.39 is 0 Å². The summed E-state index contributed by atoms with van der Waals surface area (Å²) in [5.74, 6) is 0.878. The Morgan fingerprint density at radius 2 is 2.00 bits per heavy atom. The van der Waals surface area contributed by atoms with Crippen LogP contribution in [-0.2, 0) is 9.53 Å². The van der Waals surface area contributed by atoms with Crippen LogP contribution in [0.4, 0.5) is 0 Å². The summed E-state index contributed by atoms with van der Waals surface area (Å²) in [6.07, 6.45) is 8.24. The molecule has 0 N–H and O–H groups in total. The largest absolute Gasteiger partial charge is 0.466 e. The standard InChI is InChI=1S/C15H27NO2/c1-3-18-15(17)12(2)11-16-10-6-9-14(16)13-7-4-5-8-13/h12-14H,3-11H2,1-2H3. The first-order valence-corrected chi connectivity index (χ1v) is 7.63. The predicted molar refractivity (Wildman–Crippen MR) is 72.4 cm³/mol. The van der Waals surface area contributed by atoms with Crippen LogP contribution in [0.5, 0.6) is 0 Å². The van der Waals surface area contributed by atoms with Crippen molar-refractivity contribution >= 4 is 5.97 Å². The van der Waals surface area contributed by atoms with Crippen LogP contribution in [0, 0.1) is 11.8 Å². The van der Waals surface area contributed by atoms with Crippen molar-refractivity contribution in [3.8, 4) is 0 Å². The molecule has 18 heavy (non-hydrogen) atoms. The van der Waals surface area contributed by atoms with Crippen LogP contribution >= 0.6 is 0 Å². The molecule has 1 heterocycles. The van der Waals surface area contributed by atoms with Crippen molar-refractivity contribution in [1.82, 2.24) is 4.90 Å². The molecule has 0 amide bonds. The molecule has 1 aliphatic heterocycles. The predicted octanol–water partition coefficient (Wildman–Crippen LogP) is 2.84. The molecule has 1 saturated heterocycles. The van der Waals surface area contributed by atoms with Gasteiger partial charge in [0.15, 0.2) is 0 Å². The minimum atomic E-state index is -0.0328. The Bertz CT molecular complexity index is 274. The van der Waals surface area contributed by atoms with Crippen LogP contribution in [0.2, 0.25) is 0 Å². The number of carbonyl (C=O) groups is 1. The van der Waals surface area contributed by atoms with Crippen LogP contribution in [0.3, 0.4) is 0 Å². The van der Waals surface area contributed by atoms with Crippen LogP contribution in [0.15, 0.2) is 0 Å². The zero-order chi connectivity index (χ0) is 13.0. The number of carbonyl (C=O) groups excluding carboxylic acids is 1. The second kappa shape index (κ2) is 6.55. The summed E-state index contributed by atoms with van der Waals surface area (Å²) >= 11 is 0. The Hall–Kier alpha value is -0.570. The van der Waals surface area contributed by atoms with E-state index in [9.17, 15) is 4.79 Å². The molecule has 0 radical (unpaired) electrons. The topological polar surface area (TPSA) is 29.5 Å². The first kappa shape index (κ1) is 13.9. The Balaban J connectivity index is 1.85. The maximum absolute atomic E-state index is 11.7. The van der Waals surface area contributed by atoms with E-state index in [1.807, 2.05) is 13.8 Å². The van der Waals surface area contributed by atoms with E-state index in [2.05, 4.69) is 4.90 Å². The number of likely N-dealkylation sites (tertiary alicyclic amines) is 1. The third kappa shape index (κ3) is 3.25. The van der Waals surface area contributed by atoms with Crippen LogP contribution in [0.25, 0.3) is 0 Å². The Morgan fingerprint density at radius 1 is 1.28 bits per heavy atom. The minimum Gasteiger partial charge on any atom is -0.466 e. The molecule has 1 saturated carbocycles. The van der Waals surface area contributed by atoms with Crippen molar-refractivity contribution in [2.24, 2.45) is 11.8 Å². The summed E-state index contributed by atoms with van der Waals surface area (Å²) in [5, 5.41) is 0. The highest BCUT2D eigenvalue weighted by Gasteiger charge is 2.34. The van der Waals surface area contributed by atoms with Gasteiger partial charge in [0.25, 0.3) is 0 Å². The van der Waals surface area contributed by atoms with Crippen LogP contribution in [-0.4, -0.2) is 36.6 Å². The zero-order valence-electron chi connectivity index (χ0n) is 11.9. The van der Waals surface area contributed by atoms with Crippen molar-refractivity contribution in [2.75, 3.05) is 19.7 Å². The molecular weight excluding hydrogens is 226 g/mol.